The number of nitrogen functional groups attached to an aromatic ring is 1. The van der Waals surface area contributed by atoms with Gasteiger partial charge in [-0.25, -0.2) is 10.1 Å². The van der Waals surface area contributed by atoms with Gasteiger partial charge in [0.1, 0.15) is 6.61 Å². The summed E-state index contributed by atoms with van der Waals surface area (Å²) in [5, 5.41) is 22.0. The van der Waals surface area contributed by atoms with Crippen LogP contribution >= 0.6 is 0 Å². The Morgan fingerprint density at radius 3 is 2.74 bits per heavy atom. The van der Waals surface area contributed by atoms with Crippen molar-refractivity contribution in [3.05, 3.63) is 83.2 Å². The van der Waals surface area contributed by atoms with Gasteiger partial charge in [-0.05, 0) is 50.4 Å². The zero-order valence-electron chi connectivity index (χ0n) is 23.3. The number of nitrogens with one attached hydrogen (secondary N) is 1. The van der Waals surface area contributed by atoms with E-state index in [1.165, 1.54) is 10.9 Å². The van der Waals surface area contributed by atoms with E-state index in [0.717, 1.165) is 16.3 Å². The number of carbonyl (C=O) groups excluding carboxylic acids is 1. The molecule has 2 aromatic heterocycles. The number of methoxy groups -OCH3 is 1. The number of aromatic nitrogens is 5. The lowest BCUT2D eigenvalue weighted by molar-refractivity contribution is 0.0332. The Labute approximate surface area is 246 Å². The van der Waals surface area contributed by atoms with Gasteiger partial charge in [0.15, 0.2) is 17.2 Å². The van der Waals surface area contributed by atoms with Gasteiger partial charge in [-0.2, -0.15) is 9.78 Å². The highest BCUT2D eigenvalue weighted by atomic mass is 16.6. The van der Waals surface area contributed by atoms with E-state index >= 15 is 0 Å². The Hall–Kier alpha value is -5.34. The average Bonchev–Trinajstić information content (AvgIpc) is 3.66. The molecule has 1 saturated heterocycles. The normalized spacial score (nSPS) is 13.9. The number of fused-ring (bicyclic) bond motifs is 1. The van der Waals surface area contributed by atoms with Crippen LogP contribution in [0.3, 0.4) is 0 Å². The van der Waals surface area contributed by atoms with Gasteiger partial charge >= 0.3 is 0 Å². The molecule has 0 spiro atoms. The molecule has 3 heterocycles. The molecule has 0 aliphatic carbocycles. The lowest BCUT2D eigenvalue weighted by Crippen LogP contribution is -2.37. The molecule has 3 aromatic carbocycles. The van der Waals surface area contributed by atoms with Crippen molar-refractivity contribution in [1.29, 1.82) is 0 Å². The van der Waals surface area contributed by atoms with Crippen molar-refractivity contribution in [1.82, 2.24) is 35.6 Å². The first-order chi connectivity index (χ1) is 21.1. The van der Waals surface area contributed by atoms with Crippen LogP contribution in [0.4, 0.5) is 5.82 Å². The summed E-state index contributed by atoms with van der Waals surface area (Å²) in [6.45, 7) is 3.26. The molecule has 14 nitrogen and oxygen atoms in total. The van der Waals surface area contributed by atoms with E-state index in [4.69, 9.17) is 24.6 Å². The zero-order chi connectivity index (χ0) is 29.6. The molecule has 14 heteroatoms. The van der Waals surface area contributed by atoms with Crippen molar-refractivity contribution in [2.75, 3.05) is 39.1 Å². The number of hydrazone groups is 1. The second-order valence-corrected chi connectivity index (χ2v) is 9.69. The number of nitrogens with zero attached hydrogens (tertiary/aromatic N) is 7. The topological polar surface area (TPSA) is 168 Å². The molecule has 1 aliphatic heterocycles. The highest BCUT2D eigenvalue weighted by molar-refractivity contribution is 5.94. The molecule has 1 fully saturated rings. The molecule has 0 unspecified atom stereocenters. The Bertz CT molecular complexity index is 1760. The van der Waals surface area contributed by atoms with Gasteiger partial charge in [0.25, 0.3) is 5.91 Å². The summed E-state index contributed by atoms with van der Waals surface area (Å²) in [7, 11) is 1.57. The number of morpholine rings is 1. The SMILES string of the molecule is COc1cc(/C=N\NC(=O)c2nnn(-c3nonc3N)c2CN2CCOCC2)ccc1OCc1cccc2ccccc12. The molecule has 0 saturated carbocycles. The molecule has 5 aromatic rings. The van der Waals surface area contributed by atoms with Crippen molar-refractivity contribution in [3.8, 4) is 17.3 Å². The molecular weight excluding hydrogens is 554 g/mol. The number of nitrogens with two attached hydrogens (primary N) is 1. The molecule has 1 aliphatic rings. The van der Waals surface area contributed by atoms with Crippen LogP contribution in [0.2, 0.25) is 0 Å². The van der Waals surface area contributed by atoms with Gasteiger partial charge < -0.3 is 19.9 Å². The maximum Gasteiger partial charge on any atom is 0.293 e. The number of amides is 1. The van der Waals surface area contributed by atoms with Crippen molar-refractivity contribution in [2.24, 2.45) is 5.10 Å². The highest BCUT2D eigenvalue weighted by Crippen LogP contribution is 2.29. The van der Waals surface area contributed by atoms with E-state index in [-0.39, 0.29) is 17.3 Å². The van der Waals surface area contributed by atoms with Gasteiger partial charge in [-0.3, -0.25) is 9.69 Å². The molecular formula is C29H29N9O5. The van der Waals surface area contributed by atoms with E-state index in [1.54, 1.807) is 19.2 Å². The summed E-state index contributed by atoms with van der Waals surface area (Å²) in [5.74, 6) is 0.736. The van der Waals surface area contributed by atoms with Crippen LogP contribution in [0.15, 0.2) is 70.4 Å². The zero-order valence-corrected chi connectivity index (χ0v) is 23.3. The first-order valence-electron chi connectivity index (χ1n) is 13.5. The van der Waals surface area contributed by atoms with E-state index in [2.05, 4.69) is 54.3 Å². The van der Waals surface area contributed by atoms with E-state index in [9.17, 15) is 4.79 Å². The van der Waals surface area contributed by atoms with Crippen LogP contribution in [0.25, 0.3) is 16.6 Å². The fourth-order valence-electron chi connectivity index (χ4n) is 4.77. The minimum atomic E-state index is -0.553. The summed E-state index contributed by atoms with van der Waals surface area (Å²) in [4.78, 5) is 15.2. The van der Waals surface area contributed by atoms with Crippen molar-refractivity contribution in [2.45, 2.75) is 13.2 Å². The van der Waals surface area contributed by atoms with Crippen LogP contribution in [0, 0.1) is 0 Å². The van der Waals surface area contributed by atoms with Gasteiger partial charge in [0.2, 0.25) is 11.6 Å². The third kappa shape index (κ3) is 6.14. The second-order valence-electron chi connectivity index (χ2n) is 9.69. The van der Waals surface area contributed by atoms with Gasteiger partial charge in [0.05, 0.1) is 32.2 Å². The fraction of sp³-hybridized carbons (Fsp3) is 0.241. The maximum absolute atomic E-state index is 13.1. The Kier molecular flexibility index (Phi) is 8.19. The molecule has 0 radical (unpaired) electrons. The third-order valence-electron chi connectivity index (χ3n) is 6.98. The van der Waals surface area contributed by atoms with E-state index in [1.807, 2.05) is 30.3 Å². The Morgan fingerprint density at radius 2 is 1.93 bits per heavy atom. The number of rotatable bonds is 10. The molecule has 0 bridgehead atoms. The van der Waals surface area contributed by atoms with E-state index in [0.29, 0.717) is 62.2 Å². The number of benzene rings is 3. The first kappa shape index (κ1) is 27.8. The number of hydrogen-bond acceptors (Lipinski definition) is 12. The lowest BCUT2D eigenvalue weighted by Gasteiger charge is -2.26. The summed E-state index contributed by atoms with van der Waals surface area (Å²) >= 11 is 0. The quantitative estimate of drug-likeness (QED) is 0.183. The summed E-state index contributed by atoms with van der Waals surface area (Å²) in [5.41, 5.74) is 10.7. The number of carbonyl (C=O) groups is 1. The standard InChI is InChI=1S/C29H29N9O5/c1-40-25-15-19(9-10-24(25)42-18-21-7-4-6-20-5-2-3-8-22(20)21)16-31-33-29(39)26-23(17-37-11-13-41-14-12-37)38(36-32-26)28-27(30)34-43-35-28/h2-10,15-16H,11-14,17-18H2,1H3,(H2,30,34)(H,33,39)/b31-16-. The fourth-order valence-corrected chi connectivity index (χ4v) is 4.77. The van der Waals surface area contributed by atoms with Gasteiger partial charge in [-0.15, -0.1) is 5.10 Å². The Balaban J connectivity index is 1.15. The van der Waals surface area contributed by atoms with Crippen LogP contribution < -0.4 is 20.6 Å². The van der Waals surface area contributed by atoms with Crippen LogP contribution in [-0.4, -0.2) is 75.7 Å². The predicted molar refractivity (Wildman–Crippen MR) is 156 cm³/mol. The highest BCUT2D eigenvalue weighted by Gasteiger charge is 2.26. The minimum Gasteiger partial charge on any atom is -0.493 e. The maximum atomic E-state index is 13.1. The van der Waals surface area contributed by atoms with Crippen molar-refractivity contribution < 1.29 is 23.6 Å². The largest absolute Gasteiger partial charge is 0.493 e. The van der Waals surface area contributed by atoms with Crippen LogP contribution in [0.5, 0.6) is 11.5 Å². The summed E-state index contributed by atoms with van der Waals surface area (Å²) < 4.78 is 23.2. The molecule has 3 N–H and O–H groups in total. The smallest absolute Gasteiger partial charge is 0.293 e. The lowest BCUT2D eigenvalue weighted by atomic mass is 10.1. The van der Waals surface area contributed by atoms with Crippen LogP contribution in [0.1, 0.15) is 27.3 Å². The molecule has 0 atom stereocenters. The van der Waals surface area contributed by atoms with E-state index < -0.39 is 5.91 Å². The number of hydrogen-bond donors (Lipinski definition) is 2. The number of ether oxygens (including phenoxy) is 3. The van der Waals surface area contributed by atoms with Crippen LogP contribution in [-0.2, 0) is 17.9 Å². The van der Waals surface area contributed by atoms with Gasteiger partial charge in [0, 0.05) is 19.6 Å². The average molecular weight is 584 g/mol. The number of anilines is 1. The minimum absolute atomic E-state index is 0.0246. The summed E-state index contributed by atoms with van der Waals surface area (Å²) in [6.07, 6.45) is 1.50. The Morgan fingerprint density at radius 1 is 1.09 bits per heavy atom. The molecule has 43 heavy (non-hydrogen) atoms. The second kappa shape index (κ2) is 12.7. The third-order valence-corrected chi connectivity index (χ3v) is 6.98. The summed E-state index contributed by atoms with van der Waals surface area (Å²) in [6, 6.07) is 19.7. The molecule has 1 amide bonds. The van der Waals surface area contributed by atoms with Crippen molar-refractivity contribution >= 4 is 28.7 Å². The molecule has 220 valence electrons. The van der Waals surface area contributed by atoms with Gasteiger partial charge in [-0.1, -0.05) is 47.7 Å². The first-order valence-corrected chi connectivity index (χ1v) is 13.5. The molecule has 6 rings (SSSR count). The monoisotopic (exact) mass is 583 g/mol. The van der Waals surface area contributed by atoms with Crippen molar-refractivity contribution in [3.63, 3.8) is 0 Å². The predicted octanol–water partition coefficient (Wildman–Crippen LogP) is 2.57.